The summed E-state index contributed by atoms with van der Waals surface area (Å²) in [5.74, 6) is 1.64. The second kappa shape index (κ2) is 11.2. The number of carbonyl (C=O) groups is 2. The summed E-state index contributed by atoms with van der Waals surface area (Å²) in [6, 6.07) is 7.00. The van der Waals surface area contributed by atoms with Gasteiger partial charge in [0, 0.05) is 25.5 Å². The van der Waals surface area contributed by atoms with Crippen LogP contribution in [0.15, 0.2) is 28.8 Å². The van der Waals surface area contributed by atoms with E-state index in [1.54, 1.807) is 7.11 Å². The maximum Gasteiger partial charge on any atom is 0.242 e. The van der Waals surface area contributed by atoms with Crippen molar-refractivity contribution in [3.63, 3.8) is 0 Å². The minimum atomic E-state index is -0.498. The van der Waals surface area contributed by atoms with Gasteiger partial charge < -0.3 is 19.9 Å². The van der Waals surface area contributed by atoms with E-state index in [2.05, 4.69) is 20.8 Å². The highest BCUT2D eigenvalue weighted by molar-refractivity contribution is 5.86. The van der Waals surface area contributed by atoms with Crippen LogP contribution in [0.3, 0.4) is 0 Å². The average Bonchev–Trinajstić information content (AvgIpc) is 3.17. The molecule has 2 amide bonds. The molecule has 0 unspecified atom stereocenters. The Morgan fingerprint density at radius 2 is 1.86 bits per heavy atom. The summed E-state index contributed by atoms with van der Waals surface area (Å²) in [6.45, 7) is 5.80. The molecule has 0 bridgehead atoms. The van der Waals surface area contributed by atoms with Gasteiger partial charge in [0.2, 0.25) is 23.5 Å². The van der Waals surface area contributed by atoms with Gasteiger partial charge in [0.25, 0.3) is 0 Å². The van der Waals surface area contributed by atoms with Gasteiger partial charge in [-0.15, -0.1) is 0 Å². The normalized spacial score (nSPS) is 11.9. The first-order valence-electron chi connectivity index (χ1n) is 9.92. The molecule has 1 aromatic carbocycles. The molecule has 0 aliphatic rings. The smallest absolute Gasteiger partial charge is 0.242 e. The molecule has 0 saturated heterocycles. The predicted molar refractivity (Wildman–Crippen MR) is 109 cm³/mol. The lowest BCUT2D eigenvalue weighted by atomic mass is 10.0. The van der Waals surface area contributed by atoms with Gasteiger partial charge in [-0.2, -0.15) is 4.98 Å². The highest BCUT2D eigenvalue weighted by Gasteiger charge is 2.22. The summed E-state index contributed by atoms with van der Waals surface area (Å²) >= 11 is 0. The largest absolute Gasteiger partial charge is 0.497 e. The van der Waals surface area contributed by atoms with Crippen molar-refractivity contribution in [3.05, 3.63) is 30.2 Å². The first kappa shape index (κ1) is 22.4. The third kappa shape index (κ3) is 7.21. The van der Waals surface area contributed by atoms with Crippen molar-refractivity contribution in [1.29, 1.82) is 0 Å². The number of hydrogen-bond acceptors (Lipinski definition) is 6. The van der Waals surface area contributed by atoms with Crippen molar-refractivity contribution in [1.82, 2.24) is 20.8 Å². The zero-order valence-electron chi connectivity index (χ0n) is 17.5. The molecule has 2 rings (SSSR count). The summed E-state index contributed by atoms with van der Waals surface area (Å²) < 4.78 is 10.5. The zero-order chi connectivity index (χ0) is 21.2. The van der Waals surface area contributed by atoms with E-state index in [0.29, 0.717) is 24.7 Å². The third-order valence-electron chi connectivity index (χ3n) is 4.49. The second-order valence-electron chi connectivity index (χ2n) is 7.26. The quantitative estimate of drug-likeness (QED) is 0.560. The summed E-state index contributed by atoms with van der Waals surface area (Å²) in [7, 11) is 1.62. The van der Waals surface area contributed by atoms with Crippen molar-refractivity contribution in [2.75, 3.05) is 13.7 Å². The Morgan fingerprint density at radius 1 is 1.14 bits per heavy atom. The maximum atomic E-state index is 12.2. The lowest BCUT2D eigenvalue weighted by molar-refractivity contribution is -0.129. The fourth-order valence-corrected chi connectivity index (χ4v) is 2.87. The van der Waals surface area contributed by atoms with Gasteiger partial charge >= 0.3 is 0 Å². The van der Waals surface area contributed by atoms with E-state index < -0.39 is 6.04 Å². The SMILES string of the molecule is COc1ccc(-c2noc(CCCCCNC(=O)[C@@H](NC(C)=O)C(C)C)n2)cc1. The maximum absolute atomic E-state index is 12.2. The fourth-order valence-electron chi connectivity index (χ4n) is 2.87. The first-order chi connectivity index (χ1) is 13.9. The number of benzene rings is 1. The Hall–Kier alpha value is -2.90. The Kier molecular flexibility index (Phi) is 8.64. The van der Waals surface area contributed by atoms with Crippen LogP contribution < -0.4 is 15.4 Å². The highest BCUT2D eigenvalue weighted by Crippen LogP contribution is 2.20. The van der Waals surface area contributed by atoms with Crippen LogP contribution in [0.1, 0.15) is 45.9 Å². The summed E-state index contributed by atoms with van der Waals surface area (Å²) in [4.78, 5) is 27.8. The minimum absolute atomic E-state index is 0.0383. The number of nitrogens with zero attached hydrogens (tertiary/aromatic N) is 2. The van der Waals surface area contributed by atoms with Crippen molar-refractivity contribution < 1.29 is 18.8 Å². The topological polar surface area (TPSA) is 106 Å². The fraction of sp³-hybridized carbons (Fsp3) is 0.524. The van der Waals surface area contributed by atoms with Crippen molar-refractivity contribution in [2.45, 2.75) is 52.5 Å². The van der Waals surface area contributed by atoms with Crippen LogP contribution in [0, 0.1) is 5.92 Å². The molecular formula is C21H30N4O4. The molecule has 0 spiro atoms. The van der Waals surface area contributed by atoms with Gasteiger partial charge in [-0.25, -0.2) is 0 Å². The lowest BCUT2D eigenvalue weighted by Gasteiger charge is -2.20. The number of unbranched alkanes of at least 4 members (excludes halogenated alkanes) is 2. The molecule has 2 N–H and O–H groups in total. The minimum Gasteiger partial charge on any atom is -0.497 e. The number of methoxy groups -OCH3 is 1. The molecule has 8 nitrogen and oxygen atoms in total. The van der Waals surface area contributed by atoms with Crippen molar-refractivity contribution in [3.8, 4) is 17.1 Å². The second-order valence-corrected chi connectivity index (χ2v) is 7.26. The van der Waals surface area contributed by atoms with Crippen LogP contribution in [0.4, 0.5) is 0 Å². The van der Waals surface area contributed by atoms with E-state index in [9.17, 15) is 9.59 Å². The Bertz CT molecular complexity index is 786. The van der Waals surface area contributed by atoms with Gasteiger partial charge in [-0.3, -0.25) is 9.59 Å². The van der Waals surface area contributed by atoms with Gasteiger partial charge in [-0.05, 0) is 43.0 Å². The zero-order valence-corrected chi connectivity index (χ0v) is 17.5. The molecule has 0 radical (unpaired) electrons. The Balaban J connectivity index is 1.68. The van der Waals surface area contributed by atoms with Crippen LogP contribution in [-0.2, 0) is 16.0 Å². The summed E-state index contributed by atoms with van der Waals surface area (Å²) in [5.41, 5.74) is 0.877. The number of aryl methyl sites for hydroxylation is 1. The van der Waals surface area contributed by atoms with E-state index in [1.807, 2.05) is 38.1 Å². The molecule has 1 atom stereocenters. The van der Waals surface area contributed by atoms with E-state index in [0.717, 1.165) is 30.6 Å². The lowest BCUT2D eigenvalue weighted by Crippen LogP contribution is -2.49. The number of rotatable bonds is 11. The molecule has 158 valence electrons. The van der Waals surface area contributed by atoms with Gasteiger partial charge in [-0.1, -0.05) is 25.4 Å². The monoisotopic (exact) mass is 402 g/mol. The standard InChI is InChI=1S/C21H30N4O4/c1-14(2)19(23-15(3)26)21(27)22-13-7-5-6-8-18-24-20(25-29-18)16-9-11-17(28-4)12-10-16/h9-12,14,19H,5-8,13H2,1-4H3,(H,22,27)(H,23,26)/t19-/m0/s1. The molecule has 0 saturated carbocycles. The highest BCUT2D eigenvalue weighted by atomic mass is 16.5. The van der Waals surface area contributed by atoms with E-state index >= 15 is 0 Å². The molecule has 2 aromatic rings. The number of carbonyl (C=O) groups excluding carboxylic acids is 2. The van der Waals surface area contributed by atoms with Gasteiger partial charge in [0.1, 0.15) is 11.8 Å². The molecule has 0 aliphatic carbocycles. The summed E-state index contributed by atoms with van der Waals surface area (Å²) in [6.07, 6.45) is 3.35. The number of amides is 2. The average molecular weight is 402 g/mol. The third-order valence-corrected chi connectivity index (χ3v) is 4.49. The van der Waals surface area contributed by atoms with Crippen molar-refractivity contribution >= 4 is 11.8 Å². The molecule has 1 heterocycles. The molecular weight excluding hydrogens is 372 g/mol. The molecule has 0 aliphatic heterocycles. The predicted octanol–water partition coefficient (Wildman–Crippen LogP) is 2.73. The van der Waals surface area contributed by atoms with Crippen molar-refractivity contribution in [2.24, 2.45) is 5.92 Å². The first-order valence-corrected chi connectivity index (χ1v) is 9.92. The van der Waals surface area contributed by atoms with Crippen LogP contribution in [0.2, 0.25) is 0 Å². The number of nitrogens with one attached hydrogen (secondary N) is 2. The Morgan fingerprint density at radius 3 is 2.48 bits per heavy atom. The van der Waals surface area contributed by atoms with E-state index in [-0.39, 0.29) is 17.7 Å². The molecule has 29 heavy (non-hydrogen) atoms. The van der Waals surface area contributed by atoms with Gasteiger partial charge in [0.05, 0.1) is 7.11 Å². The van der Waals surface area contributed by atoms with Crippen LogP contribution >= 0.6 is 0 Å². The molecule has 1 aromatic heterocycles. The molecule has 0 fully saturated rings. The van der Waals surface area contributed by atoms with E-state index in [1.165, 1.54) is 6.92 Å². The number of hydrogen-bond donors (Lipinski definition) is 2. The van der Waals surface area contributed by atoms with Gasteiger partial charge in [0.15, 0.2) is 0 Å². The molecule has 8 heteroatoms. The Labute approximate surface area is 171 Å². The van der Waals surface area contributed by atoms with Crippen LogP contribution in [-0.4, -0.2) is 41.7 Å². The summed E-state index contributed by atoms with van der Waals surface area (Å²) in [5, 5.41) is 9.60. The number of aromatic nitrogens is 2. The van der Waals surface area contributed by atoms with Crippen LogP contribution in [0.25, 0.3) is 11.4 Å². The number of ether oxygens (including phenoxy) is 1. The van der Waals surface area contributed by atoms with Crippen LogP contribution in [0.5, 0.6) is 5.75 Å². The van der Waals surface area contributed by atoms with E-state index in [4.69, 9.17) is 9.26 Å².